The first-order valence-electron chi connectivity index (χ1n) is 4.19. The molecule has 3 heteroatoms. The van der Waals surface area contributed by atoms with E-state index in [0.717, 1.165) is 12.0 Å². The molecule has 0 fully saturated rings. The van der Waals surface area contributed by atoms with Crippen molar-refractivity contribution in [2.45, 2.75) is 12.5 Å². The molecule has 2 N–H and O–H groups in total. The molecule has 0 saturated carbocycles. The Balaban J connectivity index is 0.000000980. The third kappa shape index (κ3) is 1.73. The minimum absolute atomic E-state index is 0. The maximum atomic E-state index is 5.77. The maximum Gasteiger partial charge on any atom is 0.127 e. The molecule has 1 aliphatic heterocycles. The highest BCUT2D eigenvalue weighted by atomic mass is 35.5. The first-order valence-corrected chi connectivity index (χ1v) is 4.19. The van der Waals surface area contributed by atoms with Crippen LogP contribution < -0.4 is 5.73 Å². The second-order valence-electron chi connectivity index (χ2n) is 3.06. The normalized spacial score (nSPS) is 18.5. The maximum absolute atomic E-state index is 5.77. The predicted octanol–water partition coefficient (Wildman–Crippen LogP) is 1.37. The number of aliphatic imine (C=N–C) groups is 1. The number of hydrogen-bond donors (Lipinski definition) is 1. The van der Waals surface area contributed by atoms with E-state index in [-0.39, 0.29) is 18.4 Å². The van der Waals surface area contributed by atoms with Crippen molar-refractivity contribution in [1.29, 1.82) is 0 Å². The lowest BCUT2D eigenvalue weighted by molar-refractivity contribution is 0.817. The zero-order valence-electron chi connectivity index (χ0n) is 7.60. The van der Waals surface area contributed by atoms with Gasteiger partial charge in [-0.25, -0.2) is 0 Å². The lowest BCUT2D eigenvalue weighted by Gasteiger charge is -2.17. The smallest absolute Gasteiger partial charge is 0.127 e. The fourth-order valence-electron chi connectivity index (χ4n) is 1.54. The van der Waals surface area contributed by atoms with Crippen LogP contribution in [0.5, 0.6) is 0 Å². The summed E-state index contributed by atoms with van der Waals surface area (Å²) in [6.45, 7) is 0. The van der Waals surface area contributed by atoms with Crippen LogP contribution in [0.3, 0.4) is 0 Å². The van der Waals surface area contributed by atoms with Crippen LogP contribution >= 0.6 is 12.4 Å². The largest absolute Gasteiger partial charge is 0.383 e. The Morgan fingerprint density at radius 2 is 2.14 bits per heavy atom. The Labute approximate surface area is 89.6 Å². The van der Waals surface area contributed by atoms with Crippen LogP contribution in [0.4, 0.5) is 0 Å². The third-order valence-corrected chi connectivity index (χ3v) is 2.19. The van der Waals surface area contributed by atoms with E-state index in [9.17, 15) is 0 Å². The number of amidine groups is 1. The van der Waals surface area contributed by atoms with Crippen LogP contribution in [-0.2, 0) is 6.42 Å². The fraction of sp³-hybridized carbons (Fsp3) is 0.182. The average Bonchev–Trinajstić information content (AvgIpc) is 2.18. The first kappa shape index (κ1) is 10.6. The van der Waals surface area contributed by atoms with Crippen molar-refractivity contribution in [3.8, 4) is 12.3 Å². The quantitative estimate of drug-likeness (QED) is 0.640. The van der Waals surface area contributed by atoms with Crippen molar-refractivity contribution >= 4 is 18.2 Å². The van der Waals surface area contributed by atoms with Crippen molar-refractivity contribution in [2.24, 2.45) is 10.7 Å². The predicted molar refractivity (Wildman–Crippen MR) is 60.7 cm³/mol. The molecule has 1 heterocycles. The van der Waals surface area contributed by atoms with Crippen LogP contribution in [0.25, 0.3) is 0 Å². The molecule has 0 spiro atoms. The van der Waals surface area contributed by atoms with Crippen LogP contribution in [0.1, 0.15) is 11.1 Å². The summed E-state index contributed by atoms with van der Waals surface area (Å²) in [4.78, 5) is 4.20. The van der Waals surface area contributed by atoms with Crippen LogP contribution in [0.2, 0.25) is 0 Å². The van der Waals surface area contributed by atoms with Crippen molar-refractivity contribution in [2.75, 3.05) is 0 Å². The van der Waals surface area contributed by atoms with Gasteiger partial charge in [0.2, 0.25) is 0 Å². The van der Waals surface area contributed by atoms with Crippen molar-refractivity contribution in [1.82, 2.24) is 0 Å². The van der Waals surface area contributed by atoms with Crippen molar-refractivity contribution in [3.63, 3.8) is 0 Å². The second-order valence-corrected chi connectivity index (χ2v) is 3.06. The van der Waals surface area contributed by atoms with Gasteiger partial charge in [0.15, 0.2) is 0 Å². The first-order chi connectivity index (χ1) is 6.31. The molecule has 0 aromatic heterocycles. The third-order valence-electron chi connectivity index (χ3n) is 2.19. The SMILES string of the molecule is C#CC1Cc2ccccc2C(N)=N1.Cl. The van der Waals surface area contributed by atoms with Gasteiger partial charge in [-0.1, -0.05) is 30.2 Å². The van der Waals surface area contributed by atoms with Gasteiger partial charge in [0.05, 0.1) is 0 Å². The van der Waals surface area contributed by atoms with Crippen molar-refractivity contribution < 1.29 is 0 Å². The van der Waals surface area contributed by atoms with Crippen LogP contribution in [0, 0.1) is 12.3 Å². The van der Waals surface area contributed by atoms with Gasteiger partial charge >= 0.3 is 0 Å². The molecule has 1 aromatic carbocycles. The van der Waals surface area contributed by atoms with E-state index < -0.39 is 0 Å². The number of nitrogens with two attached hydrogens (primary N) is 1. The zero-order valence-corrected chi connectivity index (χ0v) is 8.42. The number of nitrogens with zero attached hydrogens (tertiary/aromatic N) is 1. The average molecular weight is 207 g/mol. The molecule has 2 rings (SSSR count). The Hall–Kier alpha value is -1.46. The Kier molecular flexibility index (Phi) is 3.16. The molecule has 1 aliphatic rings. The summed E-state index contributed by atoms with van der Waals surface area (Å²) >= 11 is 0. The van der Waals surface area contributed by atoms with Crippen LogP contribution in [0.15, 0.2) is 29.3 Å². The Morgan fingerprint density at radius 1 is 1.43 bits per heavy atom. The second kappa shape index (κ2) is 4.17. The molecule has 0 aliphatic carbocycles. The minimum Gasteiger partial charge on any atom is -0.383 e. The number of halogens is 1. The number of terminal acetylenes is 1. The summed E-state index contributed by atoms with van der Waals surface area (Å²) < 4.78 is 0. The van der Waals surface area contributed by atoms with Gasteiger partial charge in [-0.3, -0.25) is 4.99 Å². The molecular formula is C11H11ClN2. The summed E-state index contributed by atoms with van der Waals surface area (Å²) in [5, 5.41) is 0. The van der Waals surface area contributed by atoms with Crippen LogP contribution in [-0.4, -0.2) is 11.9 Å². The standard InChI is InChI=1S/C11H10N2.ClH/c1-2-9-7-8-5-3-4-6-10(8)11(12)13-9;/h1,3-6,9H,7H2,(H2,12,13);1H. The Bertz CT molecular complexity index is 404. The van der Waals surface area contributed by atoms with E-state index in [0.29, 0.717) is 5.84 Å². The monoisotopic (exact) mass is 206 g/mol. The molecule has 0 radical (unpaired) electrons. The minimum atomic E-state index is -0.0881. The molecule has 14 heavy (non-hydrogen) atoms. The summed E-state index contributed by atoms with van der Waals surface area (Å²) in [6, 6.07) is 7.87. The highest BCUT2D eigenvalue weighted by Crippen LogP contribution is 2.17. The number of hydrogen-bond acceptors (Lipinski definition) is 2. The summed E-state index contributed by atoms with van der Waals surface area (Å²) in [5.41, 5.74) is 7.98. The van der Waals surface area contributed by atoms with Gasteiger partial charge in [0.1, 0.15) is 11.9 Å². The topological polar surface area (TPSA) is 38.4 Å². The highest BCUT2D eigenvalue weighted by Gasteiger charge is 2.16. The molecule has 0 saturated heterocycles. The number of rotatable bonds is 0. The van der Waals surface area contributed by atoms with Gasteiger partial charge in [-0.05, 0) is 5.56 Å². The molecule has 72 valence electrons. The van der Waals surface area contributed by atoms with E-state index in [1.165, 1.54) is 5.56 Å². The fourth-order valence-corrected chi connectivity index (χ4v) is 1.54. The summed E-state index contributed by atoms with van der Waals surface area (Å²) in [6.07, 6.45) is 6.11. The molecule has 1 aromatic rings. The van der Waals surface area contributed by atoms with E-state index in [1.54, 1.807) is 0 Å². The number of benzene rings is 1. The molecule has 0 amide bonds. The van der Waals surface area contributed by atoms with Gasteiger partial charge in [0.25, 0.3) is 0 Å². The van der Waals surface area contributed by atoms with Crippen molar-refractivity contribution in [3.05, 3.63) is 35.4 Å². The number of fused-ring (bicyclic) bond motifs is 1. The molecule has 1 unspecified atom stereocenters. The Morgan fingerprint density at radius 3 is 2.86 bits per heavy atom. The molecular weight excluding hydrogens is 196 g/mol. The highest BCUT2D eigenvalue weighted by molar-refractivity contribution is 5.99. The van der Waals surface area contributed by atoms with E-state index in [4.69, 9.17) is 12.2 Å². The lowest BCUT2D eigenvalue weighted by atomic mass is 9.97. The van der Waals surface area contributed by atoms with E-state index in [2.05, 4.69) is 10.9 Å². The van der Waals surface area contributed by atoms with Gasteiger partial charge in [0, 0.05) is 12.0 Å². The van der Waals surface area contributed by atoms with E-state index >= 15 is 0 Å². The van der Waals surface area contributed by atoms with Gasteiger partial charge < -0.3 is 5.73 Å². The summed E-state index contributed by atoms with van der Waals surface area (Å²) in [5.74, 6) is 3.17. The van der Waals surface area contributed by atoms with Gasteiger partial charge in [-0.2, -0.15) is 0 Å². The zero-order chi connectivity index (χ0) is 9.26. The molecule has 1 atom stereocenters. The van der Waals surface area contributed by atoms with E-state index in [1.807, 2.05) is 24.3 Å². The molecule has 2 nitrogen and oxygen atoms in total. The molecule has 0 bridgehead atoms. The lowest BCUT2D eigenvalue weighted by Crippen LogP contribution is -2.25. The summed E-state index contributed by atoms with van der Waals surface area (Å²) in [7, 11) is 0. The van der Waals surface area contributed by atoms with Gasteiger partial charge in [-0.15, -0.1) is 18.8 Å².